The number of nitrogens with zero attached hydrogens (tertiary/aromatic N) is 2. The highest BCUT2D eigenvalue weighted by Gasteiger charge is 2.39. The van der Waals surface area contributed by atoms with Gasteiger partial charge in [0.1, 0.15) is 25.2 Å². The Bertz CT molecular complexity index is 1430. The van der Waals surface area contributed by atoms with Crippen LogP contribution in [-0.2, 0) is 32.1 Å². The highest BCUT2D eigenvalue weighted by atomic mass is 16.2. The topological polar surface area (TPSA) is 115 Å². The third kappa shape index (κ3) is 6.61. The molecule has 2 heterocycles. The van der Waals surface area contributed by atoms with E-state index in [1.807, 2.05) is 61.7 Å². The van der Waals surface area contributed by atoms with E-state index >= 15 is 0 Å². The molecule has 9 heteroatoms. The zero-order valence-electron chi connectivity index (χ0n) is 23.8. The van der Waals surface area contributed by atoms with Crippen LogP contribution in [0, 0.1) is 12.8 Å². The molecule has 1 saturated carbocycles. The van der Waals surface area contributed by atoms with Crippen molar-refractivity contribution < 1.29 is 19.2 Å². The van der Waals surface area contributed by atoms with Gasteiger partial charge in [0, 0.05) is 37.1 Å². The number of rotatable bonds is 9. The van der Waals surface area contributed by atoms with Crippen molar-refractivity contribution in [1.82, 2.24) is 25.4 Å². The molecule has 0 radical (unpaired) electrons. The number of aryl methyl sites for hydroxylation is 1. The number of piperazine rings is 1. The van der Waals surface area contributed by atoms with Gasteiger partial charge in [-0.05, 0) is 48.4 Å². The molecule has 2 aliphatic rings. The largest absolute Gasteiger partial charge is 0.361 e. The first-order valence-electron chi connectivity index (χ1n) is 14.5. The molecule has 0 spiro atoms. The van der Waals surface area contributed by atoms with Gasteiger partial charge in [-0.25, -0.2) is 0 Å². The molecular formula is C32H39N5O4. The minimum atomic E-state index is -0.849. The fourth-order valence-electron chi connectivity index (χ4n) is 6.17. The smallest absolute Gasteiger partial charge is 0.246 e. The van der Waals surface area contributed by atoms with Crippen LogP contribution in [0.3, 0.4) is 0 Å². The van der Waals surface area contributed by atoms with Crippen molar-refractivity contribution in [3.8, 4) is 0 Å². The van der Waals surface area contributed by atoms with E-state index in [0.717, 1.165) is 59.7 Å². The van der Waals surface area contributed by atoms with Crippen LogP contribution >= 0.6 is 0 Å². The number of carbonyl (C=O) groups is 4. The summed E-state index contributed by atoms with van der Waals surface area (Å²) in [5.41, 5.74) is 3.97. The van der Waals surface area contributed by atoms with Crippen molar-refractivity contribution in [2.24, 2.45) is 5.92 Å². The van der Waals surface area contributed by atoms with Crippen LogP contribution in [0.5, 0.6) is 0 Å². The Labute approximate surface area is 240 Å². The van der Waals surface area contributed by atoms with E-state index in [1.165, 1.54) is 4.90 Å². The summed E-state index contributed by atoms with van der Waals surface area (Å²) >= 11 is 0. The molecule has 9 nitrogen and oxygen atoms in total. The highest BCUT2D eigenvalue weighted by Crippen LogP contribution is 2.28. The van der Waals surface area contributed by atoms with Crippen molar-refractivity contribution in [3.05, 3.63) is 71.4 Å². The number of nitrogens with one attached hydrogen (secondary N) is 3. The van der Waals surface area contributed by atoms with E-state index in [-0.39, 0.29) is 43.1 Å². The summed E-state index contributed by atoms with van der Waals surface area (Å²) in [6.07, 6.45) is 7.16. The molecule has 5 rings (SSSR count). The van der Waals surface area contributed by atoms with Crippen LogP contribution in [-0.4, -0.2) is 70.6 Å². The quantitative estimate of drug-likeness (QED) is 0.375. The summed E-state index contributed by atoms with van der Waals surface area (Å²) in [6.45, 7) is 1.98. The standard InChI is InChI=1S/C32H39N5O4/c1-21-10-6-7-13-23(21)18-36(2)31(40)27(16-24-17-33-26-15-9-8-14-25(24)26)34-28(38)19-37-20-29(39)35-30(32(37)41)22-11-4-3-5-12-22/h6-10,13-15,17,22,27,30,33H,3-5,11-12,16,18-20H2,1-2H3,(H,34,38)(H,35,39). The van der Waals surface area contributed by atoms with Gasteiger partial charge in [0.15, 0.2) is 0 Å². The molecule has 2 atom stereocenters. The zero-order chi connectivity index (χ0) is 28.9. The lowest BCUT2D eigenvalue weighted by molar-refractivity contribution is -0.148. The van der Waals surface area contributed by atoms with Crippen LogP contribution in [0.25, 0.3) is 10.9 Å². The lowest BCUT2D eigenvalue weighted by Crippen LogP contribution is -2.62. The van der Waals surface area contributed by atoms with Crippen molar-refractivity contribution in [3.63, 3.8) is 0 Å². The molecule has 3 aromatic rings. The van der Waals surface area contributed by atoms with Crippen LogP contribution < -0.4 is 10.6 Å². The predicted octanol–water partition coefficient (Wildman–Crippen LogP) is 3.07. The summed E-state index contributed by atoms with van der Waals surface area (Å²) in [6, 6.07) is 14.3. The molecule has 1 saturated heterocycles. The molecule has 2 aromatic carbocycles. The number of carbonyl (C=O) groups excluding carboxylic acids is 4. The second-order valence-corrected chi connectivity index (χ2v) is 11.4. The van der Waals surface area contributed by atoms with Gasteiger partial charge >= 0.3 is 0 Å². The second-order valence-electron chi connectivity index (χ2n) is 11.4. The molecule has 0 bridgehead atoms. The number of likely N-dealkylation sites (N-methyl/N-ethyl adjacent to an activating group) is 1. The Balaban J connectivity index is 1.32. The van der Waals surface area contributed by atoms with E-state index < -0.39 is 18.0 Å². The first-order valence-corrected chi connectivity index (χ1v) is 14.5. The van der Waals surface area contributed by atoms with Crippen LogP contribution in [0.2, 0.25) is 0 Å². The fraction of sp³-hybridized carbons (Fsp3) is 0.438. The van der Waals surface area contributed by atoms with Crippen molar-refractivity contribution >= 4 is 34.5 Å². The maximum atomic E-state index is 13.8. The summed E-state index contributed by atoms with van der Waals surface area (Å²) in [5.74, 6) is -1.06. The number of amides is 4. The number of fused-ring (bicyclic) bond motifs is 1. The SMILES string of the molecule is Cc1ccccc1CN(C)C(=O)C(Cc1c[nH]c2ccccc12)NC(=O)CN1CC(=O)NC(C2CCCCC2)C1=O. The summed E-state index contributed by atoms with van der Waals surface area (Å²) in [5, 5.41) is 6.76. The van der Waals surface area contributed by atoms with Crippen molar-refractivity contribution in [1.29, 1.82) is 0 Å². The van der Waals surface area contributed by atoms with Crippen LogP contribution in [0.1, 0.15) is 48.8 Å². The molecule has 2 unspecified atom stereocenters. The number of aromatic amines is 1. The van der Waals surface area contributed by atoms with Crippen molar-refractivity contribution in [2.75, 3.05) is 20.1 Å². The third-order valence-electron chi connectivity index (χ3n) is 8.46. The van der Waals surface area contributed by atoms with Gasteiger partial charge in [-0.15, -0.1) is 0 Å². The van der Waals surface area contributed by atoms with E-state index in [4.69, 9.17) is 0 Å². The Hall–Kier alpha value is -4.14. The average molecular weight is 558 g/mol. The molecule has 1 aliphatic heterocycles. The third-order valence-corrected chi connectivity index (χ3v) is 8.46. The number of hydrogen-bond acceptors (Lipinski definition) is 4. The molecular weight excluding hydrogens is 518 g/mol. The molecule has 3 N–H and O–H groups in total. The number of H-pyrrole nitrogens is 1. The van der Waals surface area contributed by atoms with Gasteiger partial charge in [0.25, 0.3) is 0 Å². The lowest BCUT2D eigenvalue weighted by Gasteiger charge is -2.37. The Morgan fingerprint density at radius 1 is 1.02 bits per heavy atom. The Kier molecular flexibility index (Phi) is 8.71. The number of para-hydroxylation sites is 1. The van der Waals surface area contributed by atoms with Gasteiger partial charge < -0.3 is 25.4 Å². The fourth-order valence-corrected chi connectivity index (χ4v) is 6.17. The molecule has 4 amide bonds. The first kappa shape index (κ1) is 28.4. The number of hydrogen-bond donors (Lipinski definition) is 3. The van der Waals surface area contributed by atoms with Crippen molar-refractivity contribution in [2.45, 2.75) is 64.1 Å². The molecule has 2 fully saturated rings. The Morgan fingerprint density at radius 3 is 2.54 bits per heavy atom. The van der Waals surface area contributed by atoms with Gasteiger partial charge in [0.05, 0.1) is 0 Å². The maximum absolute atomic E-state index is 13.8. The number of aromatic nitrogens is 1. The lowest BCUT2D eigenvalue weighted by atomic mass is 9.82. The van der Waals surface area contributed by atoms with E-state index in [0.29, 0.717) is 6.54 Å². The van der Waals surface area contributed by atoms with Gasteiger partial charge in [-0.3, -0.25) is 19.2 Å². The minimum absolute atomic E-state index is 0.0948. The zero-order valence-corrected chi connectivity index (χ0v) is 23.8. The molecule has 41 heavy (non-hydrogen) atoms. The molecule has 216 valence electrons. The number of benzene rings is 2. The Morgan fingerprint density at radius 2 is 1.76 bits per heavy atom. The van der Waals surface area contributed by atoms with Crippen LogP contribution in [0.15, 0.2) is 54.7 Å². The minimum Gasteiger partial charge on any atom is -0.361 e. The predicted molar refractivity (Wildman–Crippen MR) is 157 cm³/mol. The normalized spacial score (nSPS) is 18.7. The van der Waals surface area contributed by atoms with E-state index in [2.05, 4.69) is 15.6 Å². The monoisotopic (exact) mass is 557 g/mol. The van der Waals surface area contributed by atoms with Gasteiger partial charge in [-0.2, -0.15) is 0 Å². The summed E-state index contributed by atoms with van der Waals surface area (Å²) < 4.78 is 0. The first-order chi connectivity index (χ1) is 19.8. The molecule has 1 aliphatic carbocycles. The summed E-state index contributed by atoms with van der Waals surface area (Å²) in [4.78, 5) is 59.2. The molecule has 1 aromatic heterocycles. The maximum Gasteiger partial charge on any atom is 0.246 e. The van der Waals surface area contributed by atoms with Gasteiger partial charge in [-0.1, -0.05) is 61.7 Å². The van der Waals surface area contributed by atoms with Crippen LogP contribution in [0.4, 0.5) is 0 Å². The average Bonchev–Trinajstić information content (AvgIpc) is 3.38. The van der Waals surface area contributed by atoms with E-state index in [9.17, 15) is 19.2 Å². The van der Waals surface area contributed by atoms with E-state index in [1.54, 1.807) is 11.9 Å². The highest BCUT2D eigenvalue weighted by molar-refractivity contribution is 5.98. The second kappa shape index (κ2) is 12.6. The summed E-state index contributed by atoms with van der Waals surface area (Å²) in [7, 11) is 1.73. The van der Waals surface area contributed by atoms with Gasteiger partial charge in [0.2, 0.25) is 23.6 Å².